The Labute approximate surface area is 138 Å². The minimum atomic E-state index is -4.04. The first-order valence-electron chi connectivity index (χ1n) is 6.96. The van der Waals surface area contributed by atoms with Crippen molar-refractivity contribution in [3.63, 3.8) is 0 Å². The molecule has 6 nitrogen and oxygen atoms in total. The Hall–Kier alpha value is -2.12. The summed E-state index contributed by atoms with van der Waals surface area (Å²) in [4.78, 5) is 10.2. The first-order valence-corrected chi connectivity index (χ1v) is 8.83. The lowest BCUT2D eigenvalue weighted by Gasteiger charge is -2.22. The molecule has 0 aliphatic carbocycles. The molecule has 1 aliphatic rings. The Bertz CT molecular complexity index is 896. The van der Waals surface area contributed by atoms with Crippen LogP contribution in [0.25, 0.3) is 0 Å². The second-order valence-corrected chi connectivity index (χ2v) is 7.45. The Morgan fingerprint density at radius 1 is 1.13 bits per heavy atom. The van der Waals surface area contributed by atoms with Gasteiger partial charge < -0.3 is 5.32 Å². The van der Waals surface area contributed by atoms with E-state index in [2.05, 4.69) is 5.32 Å². The van der Waals surface area contributed by atoms with Gasteiger partial charge in [-0.05, 0) is 36.6 Å². The summed E-state index contributed by atoms with van der Waals surface area (Å²) >= 11 is 6.15. The first kappa shape index (κ1) is 15.8. The van der Waals surface area contributed by atoms with Crippen molar-refractivity contribution in [1.29, 1.82) is 0 Å². The van der Waals surface area contributed by atoms with Gasteiger partial charge in [0.1, 0.15) is 4.90 Å². The molecule has 23 heavy (non-hydrogen) atoms. The van der Waals surface area contributed by atoms with Crippen LogP contribution in [-0.4, -0.2) is 19.9 Å². The minimum Gasteiger partial charge on any atom is -0.384 e. The van der Waals surface area contributed by atoms with E-state index in [1.54, 1.807) is 0 Å². The summed E-state index contributed by atoms with van der Waals surface area (Å²) in [7, 11) is -4.04. The number of fused-ring (bicyclic) bond motifs is 1. The molecule has 0 saturated heterocycles. The number of nitrogens with one attached hydrogen (secondary N) is 1. The molecule has 1 aliphatic heterocycles. The highest BCUT2D eigenvalue weighted by Crippen LogP contribution is 2.39. The smallest absolute Gasteiger partial charge is 0.288 e. The van der Waals surface area contributed by atoms with E-state index in [1.165, 1.54) is 36.4 Å². The molecule has 0 radical (unpaired) electrons. The van der Waals surface area contributed by atoms with E-state index in [9.17, 15) is 18.5 Å². The normalized spacial score (nSPS) is 14.0. The van der Waals surface area contributed by atoms with Crippen molar-refractivity contribution < 1.29 is 13.3 Å². The van der Waals surface area contributed by atoms with Gasteiger partial charge in [-0.15, -0.1) is 0 Å². The van der Waals surface area contributed by atoms with Gasteiger partial charge in [0.25, 0.3) is 5.69 Å². The van der Waals surface area contributed by atoms with Gasteiger partial charge >= 0.3 is 0 Å². The predicted octanol–water partition coefficient (Wildman–Crippen LogP) is 3.44. The third-order valence-corrected chi connectivity index (χ3v) is 5.96. The molecule has 0 spiro atoms. The molecule has 2 aromatic carbocycles. The molecule has 0 atom stereocenters. The highest BCUT2D eigenvalue weighted by Gasteiger charge is 2.31. The molecule has 0 fully saturated rings. The van der Waals surface area contributed by atoms with Gasteiger partial charge in [-0.25, -0.2) is 8.42 Å². The quantitative estimate of drug-likeness (QED) is 0.675. The van der Waals surface area contributed by atoms with Crippen LogP contribution in [0.1, 0.15) is 12.0 Å². The highest BCUT2D eigenvalue weighted by molar-refractivity contribution is 7.91. The molecule has 3 rings (SSSR count). The Balaban J connectivity index is 2.25. The number of para-hydroxylation sites is 1. The molecule has 2 aromatic rings. The van der Waals surface area contributed by atoms with Crippen LogP contribution in [0.4, 0.5) is 11.4 Å². The van der Waals surface area contributed by atoms with Crippen molar-refractivity contribution in [3.05, 3.63) is 57.1 Å². The van der Waals surface area contributed by atoms with Gasteiger partial charge in [-0.3, -0.25) is 10.1 Å². The zero-order valence-electron chi connectivity index (χ0n) is 12.0. The van der Waals surface area contributed by atoms with Gasteiger partial charge in [0.05, 0.1) is 15.5 Å². The maximum atomic E-state index is 13.0. The van der Waals surface area contributed by atoms with Crippen molar-refractivity contribution in [2.75, 3.05) is 11.9 Å². The fourth-order valence-electron chi connectivity index (χ4n) is 2.70. The maximum Gasteiger partial charge on any atom is 0.288 e. The second kappa shape index (κ2) is 5.82. The van der Waals surface area contributed by atoms with Crippen molar-refractivity contribution in [1.82, 2.24) is 0 Å². The van der Waals surface area contributed by atoms with Crippen LogP contribution in [0, 0.1) is 10.1 Å². The number of hydrogen-bond acceptors (Lipinski definition) is 5. The van der Waals surface area contributed by atoms with Crippen molar-refractivity contribution in [3.8, 4) is 0 Å². The molecule has 0 amide bonds. The highest BCUT2D eigenvalue weighted by atomic mass is 35.5. The Kier molecular flexibility index (Phi) is 3.99. The third-order valence-electron chi connectivity index (χ3n) is 3.76. The fourth-order valence-corrected chi connectivity index (χ4v) is 4.57. The van der Waals surface area contributed by atoms with E-state index < -0.39 is 20.4 Å². The number of benzene rings is 2. The zero-order chi connectivity index (χ0) is 16.6. The van der Waals surface area contributed by atoms with Crippen molar-refractivity contribution in [2.24, 2.45) is 0 Å². The lowest BCUT2D eigenvalue weighted by molar-refractivity contribution is -0.387. The largest absolute Gasteiger partial charge is 0.384 e. The summed E-state index contributed by atoms with van der Waals surface area (Å²) in [6, 6.07) is 8.25. The van der Waals surface area contributed by atoms with Gasteiger partial charge in [0.15, 0.2) is 0 Å². The molecular weight excluding hydrogens is 340 g/mol. The summed E-state index contributed by atoms with van der Waals surface area (Å²) in [5.74, 6) is 0. The van der Waals surface area contributed by atoms with Crippen molar-refractivity contribution >= 4 is 32.8 Å². The molecular formula is C15H13ClN2O4S. The van der Waals surface area contributed by atoms with E-state index in [0.717, 1.165) is 12.0 Å². The Morgan fingerprint density at radius 2 is 1.87 bits per heavy atom. The van der Waals surface area contributed by atoms with Crippen LogP contribution in [0.2, 0.25) is 5.02 Å². The predicted molar refractivity (Wildman–Crippen MR) is 86.8 cm³/mol. The first-order chi connectivity index (χ1) is 10.9. The fraction of sp³-hybridized carbons (Fsp3) is 0.200. The number of hydrogen-bond donors (Lipinski definition) is 1. The van der Waals surface area contributed by atoms with Gasteiger partial charge in [0.2, 0.25) is 9.84 Å². The SMILES string of the molecule is O=[N+]([O-])c1ccccc1S(=O)(=O)c1ccc(Cl)c2c1NCCC2. The van der Waals surface area contributed by atoms with Crippen LogP contribution >= 0.6 is 11.6 Å². The van der Waals surface area contributed by atoms with Gasteiger partial charge in [-0.2, -0.15) is 0 Å². The molecule has 8 heteroatoms. The van der Waals surface area contributed by atoms with E-state index in [-0.39, 0.29) is 9.79 Å². The van der Waals surface area contributed by atoms with Crippen LogP contribution in [0.3, 0.4) is 0 Å². The lowest BCUT2D eigenvalue weighted by Crippen LogP contribution is -2.17. The molecule has 0 unspecified atom stereocenters. The standard InChI is InChI=1S/C15H13ClN2O4S/c16-11-7-8-14(15-10(11)4-3-9-17-15)23(21,22)13-6-2-1-5-12(13)18(19)20/h1-2,5-8,17H,3-4,9H2. The molecule has 0 saturated carbocycles. The summed E-state index contributed by atoms with van der Waals surface area (Å²) in [6.45, 7) is 0.632. The summed E-state index contributed by atoms with van der Waals surface area (Å²) in [6.07, 6.45) is 1.52. The second-order valence-electron chi connectivity index (χ2n) is 5.16. The monoisotopic (exact) mass is 352 g/mol. The molecule has 0 bridgehead atoms. The average molecular weight is 353 g/mol. The van der Waals surface area contributed by atoms with Crippen LogP contribution in [0.15, 0.2) is 46.2 Å². The number of nitro groups is 1. The molecule has 1 N–H and O–H groups in total. The topological polar surface area (TPSA) is 89.3 Å². The molecule has 1 heterocycles. The maximum absolute atomic E-state index is 13.0. The van der Waals surface area contributed by atoms with Crippen LogP contribution in [0.5, 0.6) is 0 Å². The average Bonchev–Trinajstić information content (AvgIpc) is 2.55. The van der Waals surface area contributed by atoms with Gasteiger partial charge in [-0.1, -0.05) is 23.7 Å². The number of anilines is 1. The van der Waals surface area contributed by atoms with E-state index in [1.807, 2.05) is 0 Å². The van der Waals surface area contributed by atoms with E-state index in [0.29, 0.717) is 23.7 Å². The molecule has 120 valence electrons. The van der Waals surface area contributed by atoms with Crippen LogP contribution in [-0.2, 0) is 16.3 Å². The Morgan fingerprint density at radius 3 is 2.61 bits per heavy atom. The molecule has 0 aromatic heterocycles. The van der Waals surface area contributed by atoms with Gasteiger partial charge in [0, 0.05) is 17.6 Å². The summed E-state index contributed by atoms with van der Waals surface area (Å²) in [5.41, 5.74) is 0.742. The third kappa shape index (κ3) is 2.66. The van der Waals surface area contributed by atoms with E-state index >= 15 is 0 Å². The lowest BCUT2D eigenvalue weighted by atomic mass is 10.0. The number of nitrogens with zero attached hydrogens (tertiary/aromatic N) is 1. The number of rotatable bonds is 3. The number of halogens is 1. The zero-order valence-corrected chi connectivity index (χ0v) is 13.5. The van der Waals surface area contributed by atoms with Crippen LogP contribution < -0.4 is 5.32 Å². The number of nitro benzene ring substituents is 1. The van der Waals surface area contributed by atoms with Crippen molar-refractivity contribution in [2.45, 2.75) is 22.6 Å². The minimum absolute atomic E-state index is 0.0194. The number of sulfone groups is 1. The summed E-state index contributed by atoms with van der Waals surface area (Å²) < 4.78 is 25.9. The summed E-state index contributed by atoms with van der Waals surface area (Å²) in [5, 5.41) is 14.7. The van der Waals surface area contributed by atoms with E-state index in [4.69, 9.17) is 11.6 Å².